The van der Waals surface area contributed by atoms with Crippen LogP contribution in [0.3, 0.4) is 0 Å². The molecule has 0 fully saturated rings. The van der Waals surface area contributed by atoms with Gasteiger partial charge in [0.05, 0.1) is 12.9 Å². The summed E-state index contributed by atoms with van der Waals surface area (Å²) in [5.74, 6) is -0.0911. The highest BCUT2D eigenvalue weighted by molar-refractivity contribution is 5.89. The lowest BCUT2D eigenvalue weighted by Gasteiger charge is -2.29. The maximum absolute atomic E-state index is 14.3. The third-order valence-corrected chi connectivity index (χ3v) is 8.26. The summed E-state index contributed by atoms with van der Waals surface area (Å²) in [6.45, 7) is 4.83. The summed E-state index contributed by atoms with van der Waals surface area (Å²) in [4.78, 5) is 49.3. The second-order valence-corrected chi connectivity index (χ2v) is 12.7. The van der Waals surface area contributed by atoms with E-state index in [1.54, 1.807) is 6.20 Å². The number of amides is 3. The number of ether oxygens (including phenoxy) is 2. The number of benzene rings is 4. The molecule has 50 heavy (non-hydrogen) atoms. The van der Waals surface area contributed by atoms with Gasteiger partial charge in [0.1, 0.15) is 25.0 Å². The number of alkyl carbamates (subject to hydrolysis) is 1. The highest BCUT2D eigenvalue weighted by atomic mass is 16.5. The van der Waals surface area contributed by atoms with Crippen LogP contribution in [0.4, 0.5) is 4.79 Å². The van der Waals surface area contributed by atoms with Crippen LogP contribution in [-0.2, 0) is 45.9 Å². The third kappa shape index (κ3) is 10.8. The summed E-state index contributed by atoms with van der Waals surface area (Å²) < 4.78 is 11.4. The lowest BCUT2D eigenvalue weighted by Crippen LogP contribution is -2.52. The number of aromatic amines is 1. The van der Waals surface area contributed by atoms with Crippen LogP contribution in [0, 0.1) is 0 Å². The molecule has 4 aromatic carbocycles. The van der Waals surface area contributed by atoms with Crippen LogP contribution in [-0.4, -0.2) is 51.9 Å². The molecule has 0 bridgehead atoms. The van der Waals surface area contributed by atoms with Gasteiger partial charge in [-0.25, -0.2) is 9.78 Å². The summed E-state index contributed by atoms with van der Waals surface area (Å²) in [6.07, 6.45) is 2.46. The van der Waals surface area contributed by atoms with Gasteiger partial charge in [0.25, 0.3) is 0 Å². The Morgan fingerprint density at radius 1 is 0.800 bits per heavy atom. The molecule has 1 atom stereocenters. The molecule has 0 aliphatic carbocycles. The highest BCUT2D eigenvalue weighted by Gasteiger charge is 2.30. The molecule has 0 saturated carbocycles. The van der Waals surface area contributed by atoms with E-state index >= 15 is 0 Å². The van der Waals surface area contributed by atoms with Crippen molar-refractivity contribution in [2.75, 3.05) is 13.1 Å². The number of rotatable bonds is 16. The highest BCUT2D eigenvalue weighted by Crippen LogP contribution is 2.22. The van der Waals surface area contributed by atoms with Gasteiger partial charge in [0.2, 0.25) is 11.8 Å². The Labute approximate surface area is 292 Å². The summed E-state index contributed by atoms with van der Waals surface area (Å²) in [5, 5.41) is 5.75. The van der Waals surface area contributed by atoms with Gasteiger partial charge >= 0.3 is 6.09 Å². The fourth-order valence-electron chi connectivity index (χ4n) is 5.35. The second-order valence-electron chi connectivity index (χ2n) is 12.7. The Morgan fingerprint density at radius 3 is 2.04 bits per heavy atom. The Balaban J connectivity index is 1.31. The summed E-state index contributed by atoms with van der Waals surface area (Å²) in [6, 6.07) is 35.4. The van der Waals surface area contributed by atoms with Gasteiger partial charge in [0, 0.05) is 36.8 Å². The molecule has 10 heteroatoms. The molecule has 0 spiro atoms. The van der Waals surface area contributed by atoms with E-state index in [0.717, 1.165) is 22.3 Å². The Morgan fingerprint density at radius 2 is 1.42 bits per heavy atom. The number of hydrogen-bond donors (Lipinski definition) is 3. The van der Waals surface area contributed by atoms with Gasteiger partial charge in [-0.05, 0) is 34.4 Å². The van der Waals surface area contributed by atoms with Crippen molar-refractivity contribution < 1.29 is 23.9 Å². The first kappa shape index (κ1) is 35.4. The molecule has 1 aromatic heterocycles. The van der Waals surface area contributed by atoms with Crippen LogP contribution in [0.5, 0.6) is 5.75 Å². The van der Waals surface area contributed by atoms with E-state index in [-0.39, 0.29) is 37.4 Å². The maximum atomic E-state index is 14.3. The molecule has 5 rings (SSSR count). The molecule has 0 aliphatic rings. The molecule has 10 nitrogen and oxygen atoms in total. The van der Waals surface area contributed by atoms with Crippen molar-refractivity contribution in [3.63, 3.8) is 0 Å². The predicted molar refractivity (Wildman–Crippen MR) is 191 cm³/mol. The number of aromatic nitrogens is 2. The Bertz CT molecular complexity index is 1780. The molecular weight excluding hydrogens is 630 g/mol. The Hall–Kier alpha value is -5.90. The summed E-state index contributed by atoms with van der Waals surface area (Å²) >= 11 is 0. The largest absolute Gasteiger partial charge is 0.489 e. The molecule has 5 aromatic rings. The SMILES string of the molecule is CC(C)(CNC(=O)CN(Cc1ccc(OCc2ccccc2)cc1)C(=O)[C@H](Cc1cnc[nH]1)NC(=O)OCc1ccccc1)c1ccccc1. The maximum Gasteiger partial charge on any atom is 0.408 e. The molecule has 0 aliphatic heterocycles. The predicted octanol–water partition coefficient (Wildman–Crippen LogP) is 5.95. The number of nitrogens with one attached hydrogen (secondary N) is 3. The molecular formula is C40H43N5O5. The van der Waals surface area contributed by atoms with E-state index in [0.29, 0.717) is 24.6 Å². The zero-order valence-corrected chi connectivity index (χ0v) is 28.4. The summed E-state index contributed by atoms with van der Waals surface area (Å²) in [5.41, 5.74) is 4.03. The normalized spacial score (nSPS) is 11.6. The van der Waals surface area contributed by atoms with Crippen molar-refractivity contribution in [2.24, 2.45) is 0 Å². The topological polar surface area (TPSA) is 126 Å². The van der Waals surface area contributed by atoms with Crippen molar-refractivity contribution in [1.82, 2.24) is 25.5 Å². The minimum atomic E-state index is -1.04. The number of H-pyrrole nitrogens is 1. The van der Waals surface area contributed by atoms with Crippen LogP contribution in [0.25, 0.3) is 0 Å². The van der Waals surface area contributed by atoms with Crippen molar-refractivity contribution in [3.05, 3.63) is 156 Å². The lowest BCUT2D eigenvalue weighted by atomic mass is 9.84. The zero-order chi connectivity index (χ0) is 35.2. The van der Waals surface area contributed by atoms with Crippen LogP contribution in [0.1, 0.15) is 41.8 Å². The standard InChI is InChI=1S/C40H43N5O5/c1-40(2,33-16-10-5-11-17-33)28-42-37(46)25-45(24-30-18-20-35(21-19-30)49-26-31-12-6-3-7-13-31)38(47)36(22-34-23-41-29-43-34)44-39(48)50-27-32-14-8-4-9-15-32/h3-21,23,29,36H,22,24-28H2,1-2H3,(H,41,43)(H,42,46)(H,44,48)/t36-/m0/s1. The van der Waals surface area contributed by atoms with E-state index in [4.69, 9.17) is 9.47 Å². The number of carbonyl (C=O) groups is 3. The van der Waals surface area contributed by atoms with Gasteiger partial charge in [-0.2, -0.15) is 0 Å². The van der Waals surface area contributed by atoms with Crippen LogP contribution >= 0.6 is 0 Å². The molecule has 0 unspecified atom stereocenters. The number of imidazole rings is 1. The third-order valence-electron chi connectivity index (χ3n) is 8.26. The monoisotopic (exact) mass is 673 g/mol. The van der Waals surface area contributed by atoms with Gasteiger partial charge in [-0.3, -0.25) is 9.59 Å². The van der Waals surface area contributed by atoms with Gasteiger partial charge < -0.3 is 30.0 Å². The molecule has 3 amide bonds. The summed E-state index contributed by atoms with van der Waals surface area (Å²) in [7, 11) is 0. The molecule has 3 N–H and O–H groups in total. The average molecular weight is 674 g/mol. The first-order valence-electron chi connectivity index (χ1n) is 16.6. The fourth-order valence-corrected chi connectivity index (χ4v) is 5.35. The zero-order valence-electron chi connectivity index (χ0n) is 28.4. The van der Waals surface area contributed by atoms with E-state index in [1.165, 1.54) is 11.2 Å². The van der Waals surface area contributed by atoms with Crippen LogP contribution < -0.4 is 15.4 Å². The minimum absolute atomic E-state index is 0.0413. The number of hydrogen-bond acceptors (Lipinski definition) is 6. The number of carbonyl (C=O) groups excluding carboxylic acids is 3. The van der Waals surface area contributed by atoms with Gasteiger partial charge in [-0.15, -0.1) is 0 Å². The van der Waals surface area contributed by atoms with E-state index in [1.807, 2.05) is 115 Å². The van der Waals surface area contributed by atoms with Crippen LogP contribution in [0.2, 0.25) is 0 Å². The van der Waals surface area contributed by atoms with Crippen molar-refractivity contribution in [3.8, 4) is 5.75 Å². The van der Waals surface area contributed by atoms with Crippen LogP contribution in [0.15, 0.2) is 128 Å². The fraction of sp³-hybridized carbons (Fsp3) is 0.250. The average Bonchev–Trinajstić information content (AvgIpc) is 3.66. The Kier molecular flexibility index (Phi) is 12.4. The van der Waals surface area contributed by atoms with Gasteiger partial charge in [-0.1, -0.05) is 117 Å². The van der Waals surface area contributed by atoms with Gasteiger partial charge in [0.15, 0.2) is 0 Å². The van der Waals surface area contributed by atoms with E-state index in [2.05, 4.69) is 34.4 Å². The van der Waals surface area contributed by atoms with Crippen molar-refractivity contribution >= 4 is 17.9 Å². The quantitative estimate of drug-likeness (QED) is 0.119. The molecule has 258 valence electrons. The minimum Gasteiger partial charge on any atom is -0.489 e. The van der Waals surface area contributed by atoms with Crippen molar-refractivity contribution in [1.29, 1.82) is 0 Å². The van der Waals surface area contributed by atoms with Crippen molar-refractivity contribution in [2.45, 2.75) is 51.5 Å². The molecule has 0 radical (unpaired) electrons. The van der Waals surface area contributed by atoms with E-state index < -0.39 is 18.0 Å². The molecule has 1 heterocycles. The first-order chi connectivity index (χ1) is 24.2. The molecule has 0 saturated heterocycles. The second kappa shape index (κ2) is 17.5. The number of nitrogens with zero attached hydrogens (tertiary/aromatic N) is 2. The lowest BCUT2D eigenvalue weighted by molar-refractivity contribution is -0.138. The first-order valence-corrected chi connectivity index (χ1v) is 16.6. The van der Waals surface area contributed by atoms with E-state index in [9.17, 15) is 14.4 Å². The smallest absolute Gasteiger partial charge is 0.408 e.